The van der Waals surface area contributed by atoms with Crippen LogP contribution in [0.3, 0.4) is 0 Å². The zero-order valence-corrected chi connectivity index (χ0v) is 11.8. The van der Waals surface area contributed by atoms with E-state index in [4.69, 9.17) is 9.26 Å². The second-order valence-electron chi connectivity index (χ2n) is 5.25. The third-order valence-electron chi connectivity index (χ3n) is 3.87. The molecule has 2 aromatic rings. The molecule has 0 spiro atoms. The van der Waals surface area contributed by atoms with Gasteiger partial charge in [-0.3, -0.25) is 0 Å². The lowest BCUT2D eigenvalue weighted by atomic mass is 9.97. The molecule has 3 rings (SSSR count). The zero-order valence-electron chi connectivity index (χ0n) is 11.8. The van der Waals surface area contributed by atoms with E-state index in [1.54, 1.807) is 13.3 Å². The third kappa shape index (κ3) is 2.85. The highest BCUT2D eigenvalue weighted by Crippen LogP contribution is 2.28. The number of aromatic nitrogens is 1. The van der Waals surface area contributed by atoms with E-state index in [-0.39, 0.29) is 0 Å². The van der Waals surface area contributed by atoms with Crippen molar-refractivity contribution >= 4 is 0 Å². The summed E-state index contributed by atoms with van der Waals surface area (Å²) in [5.41, 5.74) is 2.16. The van der Waals surface area contributed by atoms with Crippen LogP contribution in [0.1, 0.15) is 25.0 Å². The molecule has 1 aromatic carbocycles. The molecule has 20 heavy (non-hydrogen) atoms. The van der Waals surface area contributed by atoms with Crippen molar-refractivity contribution in [2.45, 2.75) is 31.7 Å². The maximum Gasteiger partial charge on any atom is 0.146 e. The van der Waals surface area contributed by atoms with Crippen LogP contribution >= 0.6 is 0 Å². The highest BCUT2D eigenvalue weighted by atomic mass is 16.5. The van der Waals surface area contributed by atoms with Crippen molar-refractivity contribution in [2.24, 2.45) is 0 Å². The molecule has 2 heterocycles. The second-order valence-corrected chi connectivity index (χ2v) is 5.25. The molecule has 1 N–H and O–H groups in total. The Bertz CT molecular complexity index is 559. The molecule has 4 nitrogen and oxygen atoms in total. The number of ether oxygens (including phenoxy) is 1. The van der Waals surface area contributed by atoms with E-state index < -0.39 is 0 Å². The van der Waals surface area contributed by atoms with Crippen molar-refractivity contribution in [3.8, 4) is 16.9 Å². The molecule has 0 radical (unpaired) electrons. The number of nitrogens with zero attached hydrogens (tertiary/aromatic N) is 1. The predicted molar refractivity (Wildman–Crippen MR) is 77.8 cm³/mol. The summed E-state index contributed by atoms with van der Waals surface area (Å²) in [5, 5.41) is 7.52. The van der Waals surface area contributed by atoms with Gasteiger partial charge in [0, 0.05) is 18.0 Å². The van der Waals surface area contributed by atoms with E-state index in [1.165, 1.54) is 19.3 Å². The van der Waals surface area contributed by atoms with E-state index >= 15 is 0 Å². The summed E-state index contributed by atoms with van der Waals surface area (Å²) in [6, 6.07) is 8.52. The Balaban J connectivity index is 1.81. The molecule has 0 amide bonds. The molecule has 0 saturated carbocycles. The number of rotatable bonds is 4. The monoisotopic (exact) mass is 272 g/mol. The van der Waals surface area contributed by atoms with E-state index in [9.17, 15) is 0 Å². The van der Waals surface area contributed by atoms with Crippen LogP contribution < -0.4 is 10.1 Å². The lowest BCUT2D eigenvalue weighted by molar-refractivity contribution is 0.337. The molecule has 106 valence electrons. The first-order valence-corrected chi connectivity index (χ1v) is 7.18. The molecule has 1 unspecified atom stereocenters. The van der Waals surface area contributed by atoms with Crippen LogP contribution in [0.15, 0.2) is 35.0 Å². The van der Waals surface area contributed by atoms with Crippen LogP contribution in [0.5, 0.6) is 5.75 Å². The molecule has 1 aliphatic rings. The van der Waals surface area contributed by atoms with Crippen LogP contribution in [0.4, 0.5) is 0 Å². The lowest BCUT2D eigenvalue weighted by Crippen LogP contribution is -2.35. The van der Waals surface area contributed by atoms with Gasteiger partial charge in [0.15, 0.2) is 0 Å². The van der Waals surface area contributed by atoms with Gasteiger partial charge in [0.1, 0.15) is 11.5 Å². The maximum absolute atomic E-state index is 5.46. The average molecular weight is 272 g/mol. The Labute approximate surface area is 119 Å². The summed E-state index contributed by atoms with van der Waals surface area (Å²) in [6.45, 7) is 1.10. The third-order valence-corrected chi connectivity index (χ3v) is 3.87. The average Bonchev–Trinajstić information content (AvgIpc) is 2.96. The maximum atomic E-state index is 5.46. The quantitative estimate of drug-likeness (QED) is 0.929. The van der Waals surface area contributed by atoms with Crippen LogP contribution in [0.25, 0.3) is 11.1 Å². The first kappa shape index (κ1) is 13.2. The van der Waals surface area contributed by atoms with E-state index in [1.807, 2.05) is 18.2 Å². The van der Waals surface area contributed by atoms with Crippen molar-refractivity contribution in [3.63, 3.8) is 0 Å². The SMILES string of the molecule is COc1cccc(-c2cnoc2CC2CCCCN2)c1. The van der Waals surface area contributed by atoms with E-state index in [0.29, 0.717) is 6.04 Å². The van der Waals surface area contributed by atoms with Crippen molar-refractivity contribution < 1.29 is 9.26 Å². The van der Waals surface area contributed by atoms with E-state index in [2.05, 4.69) is 16.5 Å². The Morgan fingerprint density at radius 2 is 2.35 bits per heavy atom. The number of hydrogen-bond acceptors (Lipinski definition) is 4. The molecule has 1 aromatic heterocycles. The standard InChI is InChI=1S/C16H20N2O2/c1-19-14-7-4-5-12(9-14)15-11-18-20-16(15)10-13-6-2-3-8-17-13/h4-5,7,9,11,13,17H,2-3,6,8,10H2,1H3. The van der Waals surface area contributed by atoms with Gasteiger partial charge < -0.3 is 14.6 Å². The van der Waals surface area contributed by atoms with Gasteiger partial charge in [-0.05, 0) is 37.1 Å². The first-order chi connectivity index (χ1) is 9.86. The topological polar surface area (TPSA) is 47.3 Å². The number of methoxy groups -OCH3 is 1. The van der Waals surface area contributed by atoms with Gasteiger partial charge in [0.2, 0.25) is 0 Å². The molecule has 1 aliphatic heterocycles. The van der Waals surface area contributed by atoms with E-state index in [0.717, 1.165) is 35.6 Å². The molecule has 1 atom stereocenters. The van der Waals surface area contributed by atoms with Crippen LogP contribution in [-0.2, 0) is 6.42 Å². The fraction of sp³-hybridized carbons (Fsp3) is 0.438. The lowest BCUT2D eigenvalue weighted by Gasteiger charge is -2.22. The predicted octanol–water partition coefficient (Wildman–Crippen LogP) is 3.03. The van der Waals surface area contributed by atoms with Gasteiger partial charge in [-0.2, -0.15) is 0 Å². The summed E-state index contributed by atoms with van der Waals surface area (Å²) in [5.74, 6) is 1.81. The first-order valence-electron chi connectivity index (χ1n) is 7.18. The normalized spacial score (nSPS) is 18.9. The minimum atomic E-state index is 0.501. The van der Waals surface area contributed by atoms with Crippen LogP contribution in [0, 0.1) is 0 Å². The number of nitrogens with one attached hydrogen (secondary N) is 1. The zero-order chi connectivity index (χ0) is 13.8. The van der Waals surface area contributed by atoms with Gasteiger partial charge in [-0.15, -0.1) is 0 Å². The fourth-order valence-electron chi connectivity index (χ4n) is 2.76. The summed E-state index contributed by atoms with van der Waals surface area (Å²) >= 11 is 0. The van der Waals surface area contributed by atoms with Crippen molar-refractivity contribution in [1.29, 1.82) is 0 Å². The minimum absolute atomic E-state index is 0.501. The molecule has 1 fully saturated rings. The van der Waals surface area contributed by atoms with Gasteiger partial charge in [0.05, 0.1) is 13.3 Å². The summed E-state index contributed by atoms with van der Waals surface area (Å²) < 4.78 is 10.7. The van der Waals surface area contributed by atoms with Crippen molar-refractivity contribution in [3.05, 3.63) is 36.2 Å². The number of hydrogen-bond donors (Lipinski definition) is 1. The smallest absolute Gasteiger partial charge is 0.146 e. The molecule has 0 aliphatic carbocycles. The van der Waals surface area contributed by atoms with Crippen LogP contribution in [-0.4, -0.2) is 24.9 Å². The largest absolute Gasteiger partial charge is 0.497 e. The van der Waals surface area contributed by atoms with Gasteiger partial charge in [0.25, 0.3) is 0 Å². The molecule has 1 saturated heterocycles. The van der Waals surface area contributed by atoms with Crippen molar-refractivity contribution in [2.75, 3.05) is 13.7 Å². The highest BCUT2D eigenvalue weighted by molar-refractivity contribution is 5.66. The molecule has 4 heteroatoms. The Morgan fingerprint density at radius 1 is 1.40 bits per heavy atom. The van der Waals surface area contributed by atoms with Gasteiger partial charge in [-0.1, -0.05) is 23.7 Å². The Morgan fingerprint density at radius 3 is 3.15 bits per heavy atom. The Hall–Kier alpha value is -1.81. The summed E-state index contributed by atoms with van der Waals surface area (Å²) in [6.07, 6.45) is 6.47. The van der Waals surface area contributed by atoms with Crippen molar-refractivity contribution in [1.82, 2.24) is 10.5 Å². The summed E-state index contributed by atoms with van der Waals surface area (Å²) in [4.78, 5) is 0. The molecular formula is C16H20N2O2. The molecular weight excluding hydrogens is 252 g/mol. The highest BCUT2D eigenvalue weighted by Gasteiger charge is 2.18. The Kier molecular flexibility index (Phi) is 4.02. The second kappa shape index (κ2) is 6.09. The number of piperidine rings is 1. The van der Waals surface area contributed by atoms with Gasteiger partial charge >= 0.3 is 0 Å². The number of benzene rings is 1. The fourth-order valence-corrected chi connectivity index (χ4v) is 2.76. The molecule has 0 bridgehead atoms. The summed E-state index contributed by atoms with van der Waals surface area (Å²) in [7, 11) is 1.68. The van der Waals surface area contributed by atoms with Gasteiger partial charge in [-0.25, -0.2) is 0 Å². The minimum Gasteiger partial charge on any atom is -0.497 e. The van der Waals surface area contributed by atoms with Crippen LogP contribution in [0.2, 0.25) is 0 Å².